The molecule has 5 aromatic rings. The maximum Gasteiger partial charge on any atom is 0.267 e. The molecule has 0 spiro atoms. The Morgan fingerprint density at radius 2 is 1.58 bits per heavy atom. The van der Waals surface area contributed by atoms with Crippen LogP contribution in [-0.2, 0) is 0 Å². The summed E-state index contributed by atoms with van der Waals surface area (Å²) in [4.78, 5) is 26.3. The molecular formula is C26H22N4O2S. The van der Waals surface area contributed by atoms with Gasteiger partial charge in [-0.3, -0.25) is 14.0 Å². The monoisotopic (exact) mass is 454 g/mol. The van der Waals surface area contributed by atoms with Gasteiger partial charge in [-0.1, -0.05) is 71.9 Å². The molecule has 0 N–H and O–H groups in total. The molecule has 0 radical (unpaired) electrons. The maximum atomic E-state index is 13.6. The number of Topliss-reactive ketones (excluding diaryl/α,β-unsaturated/α-hetero) is 1. The highest BCUT2D eigenvalue weighted by atomic mass is 32.2. The Bertz CT molecular complexity index is 1560. The molecule has 2 aromatic heterocycles. The average molecular weight is 455 g/mol. The lowest BCUT2D eigenvalue weighted by Gasteiger charge is -2.15. The summed E-state index contributed by atoms with van der Waals surface area (Å²) in [6, 6.07) is 20.9. The number of aryl methyl sites for hydroxylation is 3. The van der Waals surface area contributed by atoms with E-state index >= 15 is 0 Å². The number of ketones is 1. The quantitative estimate of drug-likeness (QED) is 0.278. The number of hydrogen-bond donors (Lipinski definition) is 0. The van der Waals surface area contributed by atoms with Gasteiger partial charge in [0.15, 0.2) is 10.9 Å². The number of carbonyl (C=O) groups is 1. The number of rotatable bonds is 5. The second kappa shape index (κ2) is 8.33. The van der Waals surface area contributed by atoms with E-state index in [1.54, 1.807) is 4.57 Å². The second-order valence-corrected chi connectivity index (χ2v) is 9.04. The standard InChI is InChI=1S/C26H22N4O2S/c1-16-11-13-19(14-12-16)22(31)15-33-26-28-27-25-29(26)21-10-5-4-9-20(21)24(32)30(25)23-17(2)7-6-8-18(23)3/h4-14H,15H2,1-3H3. The minimum Gasteiger partial charge on any atom is -0.293 e. The van der Waals surface area contributed by atoms with Gasteiger partial charge >= 0.3 is 0 Å². The molecular weight excluding hydrogens is 432 g/mol. The van der Waals surface area contributed by atoms with Gasteiger partial charge in [0.25, 0.3) is 5.56 Å². The Hall–Kier alpha value is -3.71. The number of aromatic nitrogens is 4. The van der Waals surface area contributed by atoms with Crippen molar-refractivity contribution in [2.75, 3.05) is 5.75 Å². The highest BCUT2D eigenvalue weighted by molar-refractivity contribution is 7.99. The van der Waals surface area contributed by atoms with Crippen LogP contribution < -0.4 is 5.56 Å². The SMILES string of the molecule is Cc1ccc(C(=O)CSc2nnc3n(-c4c(C)cccc4C)c(=O)c4ccccc4n23)cc1. The van der Waals surface area contributed by atoms with Gasteiger partial charge in [-0.05, 0) is 44.0 Å². The first-order chi connectivity index (χ1) is 16.0. The first-order valence-electron chi connectivity index (χ1n) is 10.6. The van der Waals surface area contributed by atoms with Gasteiger partial charge in [0.2, 0.25) is 5.78 Å². The van der Waals surface area contributed by atoms with Crippen molar-refractivity contribution in [1.82, 2.24) is 19.2 Å². The van der Waals surface area contributed by atoms with Crippen LogP contribution in [0.25, 0.3) is 22.4 Å². The summed E-state index contributed by atoms with van der Waals surface area (Å²) < 4.78 is 3.50. The average Bonchev–Trinajstić information content (AvgIpc) is 3.23. The second-order valence-electron chi connectivity index (χ2n) is 8.09. The predicted molar refractivity (Wildman–Crippen MR) is 132 cm³/mol. The number of nitrogens with zero attached hydrogens (tertiary/aromatic N) is 4. The molecule has 2 heterocycles. The first-order valence-corrected chi connectivity index (χ1v) is 11.6. The van der Waals surface area contributed by atoms with Crippen molar-refractivity contribution in [3.8, 4) is 5.69 Å². The highest BCUT2D eigenvalue weighted by Gasteiger charge is 2.20. The number of hydrogen-bond acceptors (Lipinski definition) is 5. The topological polar surface area (TPSA) is 69.3 Å². The lowest BCUT2D eigenvalue weighted by Crippen LogP contribution is -2.23. The molecule has 0 aliphatic heterocycles. The summed E-state index contributed by atoms with van der Waals surface area (Å²) in [6.07, 6.45) is 0. The van der Waals surface area contributed by atoms with Gasteiger partial charge in [0, 0.05) is 5.56 Å². The van der Waals surface area contributed by atoms with E-state index in [0.717, 1.165) is 27.9 Å². The number of para-hydroxylation sites is 2. The van der Waals surface area contributed by atoms with Gasteiger partial charge in [0.1, 0.15) is 0 Å². The van der Waals surface area contributed by atoms with E-state index < -0.39 is 0 Å². The van der Waals surface area contributed by atoms with E-state index in [2.05, 4.69) is 10.2 Å². The largest absolute Gasteiger partial charge is 0.293 e. The van der Waals surface area contributed by atoms with Crippen molar-refractivity contribution in [2.45, 2.75) is 25.9 Å². The van der Waals surface area contributed by atoms with E-state index in [-0.39, 0.29) is 17.1 Å². The fourth-order valence-electron chi connectivity index (χ4n) is 4.08. The summed E-state index contributed by atoms with van der Waals surface area (Å²) in [6.45, 7) is 5.95. The van der Waals surface area contributed by atoms with Crippen molar-refractivity contribution >= 4 is 34.2 Å². The van der Waals surface area contributed by atoms with Crippen molar-refractivity contribution in [3.05, 3.63) is 99.3 Å². The molecule has 0 fully saturated rings. The third-order valence-corrected chi connectivity index (χ3v) is 6.69. The van der Waals surface area contributed by atoms with Crippen LogP contribution in [0.3, 0.4) is 0 Å². The zero-order valence-corrected chi connectivity index (χ0v) is 19.4. The van der Waals surface area contributed by atoms with Crippen LogP contribution in [0.15, 0.2) is 76.7 Å². The van der Waals surface area contributed by atoms with Crippen LogP contribution in [-0.4, -0.2) is 30.7 Å². The van der Waals surface area contributed by atoms with Gasteiger partial charge in [-0.25, -0.2) is 4.57 Å². The Morgan fingerprint density at radius 1 is 0.879 bits per heavy atom. The molecule has 0 atom stereocenters. The number of fused-ring (bicyclic) bond motifs is 3. The van der Waals surface area contributed by atoms with Gasteiger partial charge in [0.05, 0.1) is 22.3 Å². The minimum atomic E-state index is -0.143. The highest BCUT2D eigenvalue weighted by Crippen LogP contribution is 2.26. The Labute approximate surface area is 194 Å². The third-order valence-electron chi connectivity index (χ3n) is 5.76. The molecule has 0 aliphatic rings. The molecule has 5 rings (SSSR count). The zero-order chi connectivity index (χ0) is 23.1. The van der Waals surface area contributed by atoms with E-state index in [0.29, 0.717) is 21.9 Å². The summed E-state index contributed by atoms with van der Waals surface area (Å²) >= 11 is 1.32. The lowest BCUT2D eigenvalue weighted by molar-refractivity contribution is 0.102. The molecule has 7 heteroatoms. The van der Waals surface area contributed by atoms with E-state index in [1.807, 2.05) is 91.9 Å². The lowest BCUT2D eigenvalue weighted by atomic mass is 10.1. The summed E-state index contributed by atoms with van der Waals surface area (Å²) in [5.41, 5.74) is 5.10. The molecule has 33 heavy (non-hydrogen) atoms. The summed E-state index contributed by atoms with van der Waals surface area (Å²) in [5, 5.41) is 9.91. The maximum absolute atomic E-state index is 13.6. The van der Waals surface area contributed by atoms with Crippen LogP contribution in [0, 0.1) is 20.8 Å². The van der Waals surface area contributed by atoms with Crippen LogP contribution in [0.5, 0.6) is 0 Å². The normalized spacial score (nSPS) is 11.4. The fraction of sp³-hybridized carbons (Fsp3) is 0.154. The summed E-state index contributed by atoms with van der Waals surface area (Å²) in [5.74, 6) is 0.672. The van der Waals surface area contributed by atoms with Crippen LogP contribution in [0.2, 0.25) is 0 Å². The zero-order valence-electron chi connectivity index (χ0n) is 18.6. The molecule has 0 bridgehead atoms. The van der Waals surface area contributed by atoms with Gasteiger partial charge in [-0.2, -0.15) is 0 Å². The molecule has 6 nitrogen and oxygen atoms in total. The van der Waals surface area contributed by atoms with Gasteiger partial charge in [-0.15, -0.1) is 10.2 Å². The Balaban J connectivity index is 1.67. The molecule has 0 saturated heterocycles. The predicted octanol–water partition coefficient (Wildman–Crippen LogP) is 4.93. The molecule has 0 unspecified atom stereocenters. The fourth-order valence-corrected chi connectivity index (χ4v) is 4.92. The van der Waals surface area contributed by atoms with Crippen LogP contribution >= 0.6 is 11.8 Å². The Morgan fingerprint density at radius 3 is 2.30 bits per heavy atom. The number of benzene rings is 3. The van der Waals surface area contributed by atoms with Crippen molar-refractivity contribution in [3.63, 3.8) is 0 Å². The van der Waals surface area contributed by atoms with E-state index in [4.69, 9.17) is 0 Å². The smallest absolute Gasteiger partial charge is 0.267 e. The van der Waals surface area contributed by atoms with Crippen molar-refractivity contribution < 1.29 is 4.79 Å². The van der Waals surface area contributed by atoms with Gasteiger partial charge < -0.3 is 0 Å². The van der Waals surface area contributed by atoms with E-state index in [9.17, 15) is 9.59 Å². The van der Waals surface area contributed by atoms with Crippen LogP contribution in [0.1, 0.15) is 27.0 Å². The molecule has 164 valence electrons. The van der Waals surface area contributed by atoms with E-state index in [1.165, 1.54) is 11.8 Å². The first kappa shape index (κ1) is 21.2. The number of thioether (sulfide) groups is 1. The van der Waals surface area contributed by atoms with Crippen molar-refractivity contribution in [2.24, 2.45) is 0 Å². The molecule has 3 aromatic carbocycles. The Kier molecular flexibility index (Phi) is 5.34. The van der Waals surface area contributed by atoms with Crippen LogP contribution in [0.4, 0.5) is 0 Å². The number of carbonyl (C=O) groups excluding carboxylic acids is 1. The summed E-state index contributed by atoms with van der Waals surface area (Å²) in [7, 11) is 0. The minimum absolute atomic E-state index is 0.0177. The third kappa shape index (κ3) is 3.64. The molecule has 0 aliphatic carbocycles. The van der Waals surface area contributed by atoms with Crippen molar-refractivity contribution in [1.29, 1.82) is 0 Å². The molecule has 0 amide bonds. The molecule has 0 saturated carbocycles.